The van der Waals surface area contributed by atoms with E-state index < -0.39 is 11.7 Å². The van der Waals surface area contributed by atoms with E-state index in [1.807, 2.05) is 37.3 Å². The van der Waals surface area contributed by atoms with Crippen LogP contribution in [0.3, 0.4) is 0 Å². The lowest BCUT2D eigenvalue weighted by molar-refractivity contribution is -0.150. The summed E-state index contributed by atoms with van der Waals surface area (Å²) in [5.41, 5.74) is -0.377. The zero-order valence-corrected chi connectivity index (χ0v) is 9.50. The summed E-state index contributed by atoms with van der Waals surface area (Å²) < 4.78 is 0. The quantitative estimate of drug-likeness (QED) is 0.693. The summed E-state index contributed by atoms with van der Waals surface area (Å²) in [6.45, 7) is 3.02. The second kappa shape index (κ2) is 4.17. The molecule has 1 aromatic rings. The highest BCUT2D eigenvalue weighted by atomic mass is 16.3. The highest BCUT2D eigenvalue weighted by Gasteiger charge is 2.45. The Morgan fingerprint density at radius 2 is 1.94 bits per heavy atom. The van der Waals surface area contributed by atoms with Gasteiger partial charge in [-0.15, -0.1) is 0 Å². The molecule has 1 saturated heterocycles. The Morgan fingerprint density at radius 3 is 2.50 bits per heavy atom. The van der Waals surface area contributed by atoms with Gasteiger partial charge in [-0.25, -0.2) is 0 Å². The molecule has 1 aliphatic heterocycles. The van der Waals surface area contributed by atoms with Crippen LogP contribution in [0.15, 0.2) is 30.3 Å². The summed E-state index contributed by atoms with van der Waals surface area (Å²) in [7, 11) is 3.82. The van der Waals surface area contributed by atoms with Crippen molar-refractivity contribution in [2.24, 2.45) is 5.92 Å². The second-order valence-electron chi connectivity index (χ2n) is 4.64. The third-order valence-corrected chi connectivity index (χ3v) is 3.46. The minimum Gasteiger partial charge on any atom is -0.457 e. The van der Waals surface area contributed by atoms with E-state index in [1.165, 1.54) is 0 Å². The van der Waals surface area contributed by atoms with Gasteiger partial charge >= 0.3 is 0 Å². The first-order chi connectivity index (χ1) is 7.55. The molecule has 1 heterocycles. The molecule has 1 unspecified atom stereocenters. The number of benzene rings is 1. The van der Waals surface area contributed by atoms with Gasteiger partial charge in [-0.2, -0.15) is 0 Å². The maximum Gasteiger partial charge on any atom is 0.120 e. The van der Waals surface area contributed by atoms with Crippen molar-refractivity contribution < 1.29 is 10.2 Å². The zero-order valence-electron chi connectivity index (χ0n) is 9.50. The SMILES string of the molecule is [CH2-]N1CC(C)[C@@](O)(c2ccccc2)[C@H](O)C1. The van der Waals surface area contributed by atoms with Crippen LogP contribution in [0.4, 0.5) is 0 Å². The Bertz CT molecular complexity index is 340. The van der Waals surface area contributed by atoms with Crippen LogP contribution in [0.2, 0.25) is 0 Å². The van der Waals surface area contributed by atoms with Gasteiger partial charge in [0.2, 0.25) is 0 Å². The number of piperidine rings is 1. The van der Waals surface area contributed by atoms with Crippen molar-refractivity contribution in [2.75, 3.05) is 13.1 Å². The van der Waals surface area contributed by atoms with Gasteiger partial charge < -0.3 is 15.1 Å². The molecule has 88 valence electrons. The minimum absolute atomic E-state index is 0.0452. The van der Waals surface area contributed by atoms with Crippen molar-refractivity contribution in [3.8, 4) is 0 Å². The normalized spacial score (nSPS) is 36.2. The summed E-state index contributed by atoms with van der Waals surface area (Å²) in [6, 6.07) is 9.38. The molecule has 2 rings (SSSR count). The van der Waals surface area contributed by atoms with E-state index in [-0.39, 0.29) is 5.92 Å². The van der Waals surface area contributed by atoms with E-state index >= 15 is 0 Å². The van der Waals surface area contributed by atoms with Crippen LogP contribution in [0, 0.1) is 13.0 Å². The summed E-state index contributed by atoms with van der Waals surface area (Å²) in [5.74, 6) is -0.0452. The summed E-state index contributed by atoms with van der Waals surface area (Å²) in [5, 5.41) is 20.8. The number of hydrogen-bond acceptors (Lipinski definition) is 3. The number of nitrogens with zero attached hydrogens (tertiary/aromatic N) is 1. The first kappa shape index (κ1) is 11.6. The lowest BCUT2D eigenvalue weighted by atomic mass is 9.75. The summed E-state index contributed by atoms with van der Waals surface area (Å²) >= 11 is 0. The zero-order chi connectivity index (χ0) is 11.8. The topological polar surface area (TPSA) is 43.7 Å². The van der Waals surface area contributed by atoms with Crippen LogP contribution in [0.25, 0.3) is 0 Å². The maximum atomic E-state index is 10.7. The monoisotopic (exact) mass is 220 g/mol. The molecule has 1 aromatic carbocycles. The number of hydrogen-bond donors (Lipinski definition) is 2. The fourth-order valence-electron chi connectivity index (χ4n) is 2.50. The number of aliphatic hydroxyl groups excluding tert-OH is 1. The highest BCUT2D eigenvalue weighted by molar-refractivity contribution is 5.26. The Kier molecular flexibility index (Phi) is 3.02. The predicted molar refractivity (Wildman–Crippen MR) is 62.4 cm³/mol. The molecule has 0 bridgehead atoms. The first-order valence-corrected chi connectivity index (χ1v) is 5.56. The number of rotatable bonds is 1. The van der Waals surface area contributed by atoms with Gasteiger partial charge in [0.15, 0.2) is 0 Å². The van der Waals surface area contributed by atoms with Crippen molar-refractivity contribution in [3.63, 3.8) is 0 Å². The molecule has 0 radical (unpaired) electrons. The predicted octanol–water partition coefficient (Wildman–Crippen LogP) is 0.978. The summed E-state index contributed by atoms with van der Waals surface area (Å²) in [6.07, 6.45) is -0.795. The van der Waals surface area contributed by atoms with Crippen LogP contribution in [0.5, 0.6) is 0 Å². The summed E-state index contributed by atoms with van der Waals surface area (Å²) in [4.78, 5) is 1.80. The molecule has 16 heavy (non-hydrogen) atoms. The average Bonchev–Trinajstić information content (AvgIpc) is 2.27. The minimum atomic E-state index is -1.16. The van der Waals surface area contributed by atoms with E-state index in [0.717, 1.165) is 5.56 Å². The van der Waals surface area contributed by atoms with Crippen LogP contribution in [-0.2, 0) is 5.60 Å². The standard InChI is InChI=1S/C13H18NO2/c1-10-8-14(2)9-12(15)13(10,16)11-6-4-3-5-7-11/h3-7,10,12,15-16H,2,8-9H2,1H3/q-1/t10?,12-,13-/m1/s1. The van der Waals surface area contributed by atoms with Gasteiger partial charge in [-0.05, 0) is 18.7 Å². The van der Waals surface area contributed by atoms with E-state index in [1.54, 1.807) is 4.90 Å². The number of aliphatic hydroxyl groups is 2. The largest absolute Gasteiger partial charge is 0.457 e. The van der Waals surface area contributed by atoms with Crippen LogP contribution < -0.4 is 0 Å². The van der Waals surface area contributed by atoms with Gasteiger partial charge in [0, 0.05) is 5.92 Å². The van der Waals surface area contributed by atoms with Crippen molar-refractivity contribution in [1.29, 1.82) is 0 Å². The Hall–Kier alpha value is -0.900. The molecular weight excluding hydrogens is 202 g/mol. The fraction of sp³-hybridized carbons (Fsp3) is 0.462. The van der Waals surface area contributed by atoms with E-state index in [0.29, 0.717) is 13.1 Å². The Labute approximate surface area is 96.3 Å². The van der Waals surface area contributed by atoms with Gasteiger partial charge in [0.05, 0.1) is 6.10 Å². The van der Waals surface area contributed by atoms with Crippen molar-refractivity contribution >= 4 is 0 Å². The molecule has 1 fully saturated rings. The smallest absolute Gasteiger partial charge is 0.120 e. The van der Waals surface area contributed by atoms with E-state index in [2.05, 4.69) is 7.05 Å². The molecule has 2 N–H and O–H groups in total. The van der Waals surface area contributed by atoms with Gasteiger partial charge in [0.25, 0.3) is 0 Å². The molecule has 0 aliphatic carbocycles. The molecule has 0 aromatic heterocycles. The second-order valence-corrected chi connectivity index (χ2v) is 4.64. The molecule has 3 atom stereocenters. The van der Waals surface area contributed by atoms with E-state index in [4.69, 9.17) is 0 Å². The lowest BCUT2D eigenvalue weighted by Gasteiger charge is -2.48. The molecule has 0 spiro atoms. The highest BCUT2D eigenvalue weighted by Crippen LogP contribution is 2.37. The molecule has 3 heteroatoms. The van der Waals surface area contributed by atoms with E-state index in [9.17, 15) is 10.2 Å². The van der Waals surface area contributed by atoms with Gasteiger partial charge in [-0.1, -0.05) is 37.3 Å². The van der Waals surface area contributed by atoms with Gasteiger partial charge in [0.1, 0.15) is 5.60 Å². The first-order valence-electron chi connectivity index (χ1n) is 5.56. The lowest BCUT2D eigenvalue weighted by Crippen LogP contribution is -2.57. The molecular formula is C13H18NO2-. The van der Waals surface area contributed by atoms with Crippen LogP contribution in [0.1, 0.15) is 12.5 Å². The van der Waals surface area contributed by atoms with Crippen molar-refractivity contribution in [1.82, 2.24) is 4.90 Å². The molecule has 1 aliphatic rings. The van der Waals surface area contributed by atoms with Crippen LogP contribution >= 0.6 is 0 Å². The molecule has 0 saturated carbocycles. The number of likely N-dealkylation sites (tertiary alicyclic amines) is 1. The third-order valence-electron chi connectivity index (χ3n) is 3.46. The third kappa shape index (κ3) is 1.75. The Balaban J connectivity index is 2.36. The number of β-amino-alcohol motifs (C(OH)–C–C–N with tert-alkyl or cyclic N) is 1. The fourth-order valence-corrected chi connectivity index (χ4v) is 2.50. The van der Waals surface area contributed by atoms with Gasteiger partial charge in [-0.3, -0.25) is 7.05 Å². The maximum absolute atomic E-state index is 10.7. The Morgan fingerprint density at radius 1 is 1.31 bits per heavy atom. The average molecular weight is 220 g/mol. The van der Waals surface area contributed by atoms with Crippen molar-refractivity contribution in [2.45, 2.75) is 18.6 Å². The van der Waals surface area contributed by atoms with Crippen molar-refractivity contribution in [3.05, 3.63) is 42.9 Å². The van der Waals surface area contributed by atoms with Crippen LogP contribution in [-0.4, -0.2) is 34.3 Å². The molecule has 3 nitrogen and oxygen atoms in total. The molecule has 0 amide bonds.